The predicted octanol–water partition coefficient (Wildman–Crippen LogP) is 1.50. The number of nitrogens with one attached hydrogen (secondary N) is 1. The monoisotopic (exact) mass is 184 g/mol. The van der Waals surface area contributed by atoms with Crippen molar-refractivity contribution in [2.24, 2.45) is 5.73 Å². The van der Waals surface area contributed by atoms with Crippen molar-refractivity contribution < 1.29 is 4.39 Å². The van der Waals surface area contributed by atoms with E-state index in [2.05, 4.69) is 5.32 Å². The van der Waals surface area contributed by atoms with Crippen LogP contribution in [0.4, 0.5) is 10.1 Å². The summed E-state index contributed by atoms with van der Waals surface area (Å²) in [4.78, 5) is 0.0671. The molecule has 1 aromatic carbocycles. The van der Waals surface area contributed by atoms with Crippen LogP contribution in [0.2, 0.25) is 0 Å². The standard InChI is InChI=1S/C8H9FN2S/c1-11-6-4-2-3-5(9)7(6)8(10)12/h2-4,11H,1H3,(H2,10,12). The second-order valence-corrected chi connectivity index (χ2v) is 2.72. The second-order valence-electron chi connectivity index (χ2n) is 2.28. The van der Waals surface area contributed by atoms with E-state index >= 15 is 0 Å². The third-order valence-electron chi connectivity index (χ3n) is 1.53. The first kappa shape index (κ1) is 8.93. The van der Waals surface area contributed by atoms with Crippen LogP contribution in [0, 0.1) is 5.82 Å². The van der Waals surface area contributed by atoms with Crippen LogP contribution in [0.1, 0.15) is 5.56 Å². The fourth-order valence-corrected chi connectivity index (χ4v) is 1.19. The summed E-state index contributed by atoms with van der Waals surface area (Å²) in [5.74, 6) is -0.394. The molecule has 0 aliphatic carbocycles. The maximum atomic E-state index is 13.1. The van der Waals surface area contributed by atoms with Crippen molar-refractivity contribution in [2.45, 2.75) is 0 Å². The van der Waals surface area contributed by atoms with Crippen molar-refractivity contribution in [3.63, 3.8) is 0 Å². The van der Waals surface area contributed by atoms with Gasteiger partial charge in [-0.05, 0) is 12.1 Å². The molecule has 1 rings (SSSR count). The summed E-state index contributed by atoms with van der Waals surface area (Å²) in [6.45, 7) is 0. The third kappa shape index (κ3) is 1.53. The number of benzene rings is 1. The van der Waals surface area contributed by atoms with Crippen LogP contribution in [0.15, 0.2) is 18.2 Å². The van der Waals surface area contributed by atoms with Gasteiger partial charge in [-0.25, -0.2) is 4.39 Å². The molecular weight excluding hydrogens is 175 g/mol. The molecule has 0 atom stereocenters. The number of thiocarbonyl (C=S) groups is 1. The quantitative estimate of drug-likeness (QED) is 0.684. The van der Waals surface area contributed by atoms with Crippen LogP contribution in [0.3, 0.4) is 0 Å². The number of hydrogen-bond donors (Lipinski definition) is 2. The van der Waals surface area contributed by atoms with Crippen molar-refractivity contribution >= 4 is 22.9 Å². The van der Waals surface area contributed by atoms with Gasteiger partial charge >= 0.3 is 0 Å². The van der Waals surface area contributed by atoms with Gasteiger partial charge < -0.3 is 11.1 Å². The predicted molar refractivity (Wildman–Crippen MR) is 51.8 cm³/mol. The number of hydrogen-bond acceptors (Lipinski definition) is 2. The molecule has 0 heterocycles. The van der Waals surface area contributed by atoms with Crippen molar-refractivity contribution in [1.82, 2.24) is 0 Å². The molecule has 0 aliphatic heterocycles. The van der Waals surface area contributed by atoms with Gasteiger partial charge in [0.2, 0.25) is 0 Å². The first-order chi connectivity index (χ1) is 5.66. The lowest BCUT2D eigenvalue weighted by molar-refractivity contribution is 0.626. The smallest absolute Gasteiger partial charge is 0.135 e. The molecule has 0 amide bonds. The van der Waals surface area contributed by atoms with E-state index in [1.54, 1.807) is 19.2 Å². The highest BCUT2D eigenvalue weighted by atomic mass is 32.1. The minimum Gasteiger partial charge on any atom is -0.389 e. The number of halogens is 1. The maximum absolute atomic E-state index is 13.1. The van der Waals surface area contributed by atoms with E-state index in [1.807, 2.05) is 0 Å². The Labute approximate surface area is 75.6 Å². The molecule has 0 bridgehead atoms. The lowest BCUT2D eigenvalue weighted by Crippen LogP contribution is -2.14. The average molecular weight is 184 g/mol. The number of rotatable bonds is 2. The van der Waals surface area contributed by atoms with Crippen molar-refractivity contribution in [1.29, 1.82) is 0 Å². The molecule has 0 aromatic heterocycles. The van der Waals surface area contributed by atoms with Gasteiger partial charge in [-0.3, -0.25) is 0 Å². The van der Waals surface area contributed by atoms with E-state index in [0.29, 0.717) is 5.69 Å². The normalized spacial score (nSPS) is 9.50. The largest absolute Gasteiger partial charge is 0.389 e. The Balaban J connectivity index is 3.29. The maximum Gasteiger partial charge on any atom is 0.135 e. The van der Waals surface area contributed by atoms with Gasteiger partial charge in [0.25, 0.3) is 0 Å². The Bertz CT molecular complexity index is 312. The van der Waals surface area contributed by atoms with Crippen LogP contribution in [0.25, 0.3) is 0 Å². The summed E-state index contributed by atoms with van der Waals surface area (Å²) in [6.07, 6.45) is 0. The molecule has 0 spiro atoms. The molecule has 1 aromatic rings. The Kier molecular flexibility index (Phi) is 2.60. The molecule has 0 fully saturated rings. The summed E-state index contributed by atoms with van der Waals surface area (Å²) < 4.78 is 13.1. The Morgan fingerprint density at radius 2 is 2.25 bits per heavy atom. The van der Waals surface area contributed by atoms with Gasteiger partial charge in [-0.1, -0.05) is 18.3 Å². The zero-order chi connectivity index (χ0) is 9.14. The van der Waals surface area contributed by atoms with Crippen LogP contribution >= 0.6 is 12.2 Å². The molecule has 0 saturated heterocycles. The molecule has 0 unspecified atom stereocenters. The SMILES string of the molecule is CNc1cccc(F)c1C(N)=S. The van der Waals surface area contributed by atoms with E-state index in [0.717, 1.165) is 0 Å². The van der Waals surface area contributed by atoms with E-state index in [1.165, 1.54) is 6.07 Å². The Morgan fingerprint density at radius 1 is 1.58 bits per heavy atom. The first-order valence-corrected chi connectivity index (χ1v) is 3.83. The third-order valence-corrected chi connectivity index (χ3v) is 1.73. The molecule has 64 valence electrons. The van der Waals surface area contributed by atoms with Gasteiger partial charge in [-0.2, -0.15) is 0 Å². The van der Waals surface area contributed by atoms with Gasteiger partial charge in [0.1, 0.15) is 10.8 Å². The Morgan fingerprint density at radius 3 is 2.67 bits per heavy atom. The summed E-state index contributed by atoms with van der Waals surface area (Å²) in [5.41, 5.74) is 6.23. The summed E-state index contributed by atoms with van der Waals surface area (Å²) in [5, 5.41) is 2.81. The van der Waals surface area contributed by atoms with E-state index in [-0.39, 0.29) is 10.6 Å². The molecular formula is C8H9FN2S. The highest BCUT2D eigenvalue weighted by Gasteiger charge is 2.08. The molecule has 3 N–H and O–H groups in total. The number of nitrogens with two attached hydrogens (primary N) is 1. The topological polar surface area (TPSA) is 38.0 Å². The molecule has 4 heteroatoms. The van der Waals surface area contributed by atoms with Crippen LogP contribution < -0.4 is 11.1 Å². The summed E-state index contributed by atoms with van der Waals surface area (Å²) in [6, 6.07) is 4.65. The summed E-state index contributed by atoms with van der Waals surface area (Å²) in [7, 11) is 1.69. The molecule has 12 heavy (non-hydrogen) atoms. The van der Waals surface area contributed by atoms with Gasteiger partial charge in [-0.15, -0.1) is 0 Å². The zero-order valence-electron chi connectivity index (χ0n) is 6.60. The minimum absolute atomic E-state index is 0.0671. The fraction of sp³-hybridized carbons (Fsp3) is 0.125. The molecule has 0 saturated carbocycles. The zero-order valence-corrected chi connectivity index (χ0v) is 7.41. The second kappa shape index (κ2) is 3.49. The van der Waals surface area contributed by atoms with Crippen LogP contribution in [0.5, 0.6) is 0 Å². The fourth-order valence-electron chi connectivity index (χ4n) is 0.983. The molecule has 0 aliphatic rings. The van der Waals surface area contributed by atoms with E-state index in [4.69, 9.17) is 18.0 Å². The number of anilines is 1. The van der Waals surface area contributed by atoms with Crippen molar-refractivity contribution in [2.75, 3.05) is 12.4 Å². The van der Waals surface area contributed by atoms with Crippen LogP contribution in [-0.2, 0) is 0 Å². The van der Waals surface area contributed by atoms with Crippen molar-refractivity contribution in [3.05, 3.63) is 29.6 Å². The van der Waals surface area contributed by atoms with E-state index < -0.39 is 5.82 Å². The highest BCUT2D eigenvalue weighted by molar-refractivity contribution is 7.80. The first-order valence-electron chi connectivity index (χ1n) is 3.43. The average Bonchev–Trinajstić information content (AvgIpc) is 2.03. The van der Waals surface area contributed by atoms with Crippen molar-refractivity contribution in [3.8, 4) is 0 Å². The highest BCUT2D eigenvalue weighted by Crippen LogP contribution is 2.17. The lowest BCUT2D eigenvalue weighted by Gasteiger charge is -2.07. The van der Waals surface area contributed by atoms with Gasteiger partial charge in [0, 0.05) is 12.7 Å². The lowest BCUT2D eigenvalue weighted by atomic mass is 10.1. The van der Waals surface area contributed by atoms with Gasteiger partial charge in [0.05, 0.1) is 5.56 Å². The minimum atomic E-state index is -0.394. The Hall–Kier alpha value is -1.16. The van der Waals surface area contributed by atoms with E-state index in [9.17, 15) is 4.39 Å². The molecule has 0 radical (unpaired) electrons. The van der Waals surface area contributed by atoms with Crippen LogP contribution in [-0.4, -0.2) is 12.0 Å². The van der Waals surface area contributed by atoms with Gasteiger partial charge in [0.15, 0.2) is 0 Å². The molecule has 2 nitrogen and oxygen atoms in total. The summed E-state index contributed by atoms with van der Waals surface area (Å²) >= 11 is 4.70.